The first-order valence-corrected chi connectivity index (χ1v) is 8.51. The SMILES string of the molecule is CN(C)/C=N/S(=O)(=O)c1ccc(CCc2ccccc2)cc1. The molecule has 0 aromatic heterocycles. The lowest BCUT2D eigenvalue weighted by Crippen LogP contribution is -2.10. The molecule has 2 rings (SSSR count). The summed E-state index contributed by atoms with van der Waals surface area (Å²) in [6, 6.07) is 17.1. The summed E-state index contributed by atoms with van der Waals surface area (Å²) >= 11 is 0. The first-order valence-electron chi connectivity index (χ1n) is 7.07. The Hall–Kier alpha value is -2.14. The largest absolute Gasteiger partial charge is 0.368 e. The number of aryl methyl sites for hydroxylation is 2. The number of benzene rings is 2. The number of nitrogens with zero attached hydrogens (tertiary/aromatic N) is 2. The maximum Gasteiger partial charge on any atom is 0.283 e. The number of hydrogen-bond acceptors (Lipinski definition) is 2. The molecule has 4 nitrogen and oxygen atoms in total. The molecular formula is C17H20N2O2S. The van der Waals surface area contributed by atoms with Crippen LogP contribution in [0.4, 0.5) is 0 Å². The van der Waals surface area contributed by atoms with E-state index in [9.17, 15) is 8.42 Å². The lowest BCUT2D eigenvalue weighted by Gasteiger charge is -2.05. The van der Waals surface area contributed by atoms with E-state index in [4.69, 9.17) is 0 Å². The molecule has 2 aromatic carbocycles. The van der Waals surface area contributed by atoms with Crippen molar-refractivity contribution in [2.75, 3.05) is 14.1 Å². The van der Waals surface area contributed by atoms with Gasteiger partial charge < -0.3 is 4.90 Å². The van der Waals surface area contributed by atoms with Gasteiger partial charge in [0.1, 0.15) is 6.34 Å². The van der Waals surface area contributed by atoms with Gasteiger partial charge in [-0.05, 0) is 36.1 Å². The van der Waals surface area contributed by atoms with Crippen LogP contribution in [-0.4, -0.2) is 33.8 Å². The average Bonchev–Trinajstić information content (AvgIpc) is 2.52. The van der Waals surface area contributed by atoms with E-state index < -0.39 is 10.0 Å². The van der Waals surface area contributed by atoms with Crippen molar-refractivity contribution in [3.63, 3.8) is 0 Å². The quantitative estimate of drug-likeness (QED) is 0.608. The van der Waals surface area contributed by atoms with Crippen molar-refractivity contribution in [3.8, 4) is 0 Å². The van der Waals surface area contributed by atoms with Gasteiger partial charge in [0.2, 0.25) is 0 Å². The molecule has 0 aliphatic heterocycles. The summed E-state index contributed by atoms with van der Waals surface area (Å²) in [5, 5.41) is 0. The third kappa shape index (κ3) is 4.70. The highest BCUT2D eigenvalue weighted by molar-refractivity contribution is 7.90. The third-order valence-corrected chi connectivity index (χ3v) is 4.42. The fraction of sp³-hybridized carbons (Fsp3) is 0.235. The smallest absolute Gasteiger partial charge is 0.283 e. The van der Waals surface area contributed by atoms with E-state index in [1.165, 1.54) is 11.9 Å². The molecule has 0 bridgehead atoms. The van der Waals surface area contributed by atoms with Gasteiger partial charge in [0, 0.05) is 14.1 Å². The van der Waals surface area contributed by atoms with Gasteiger partial charge in [-0.15, -0.1) is 4.40 Å². The molecule has 0 atom stereocenters. The van der Waals surface area contributed by atoms with E-state index in [2.05, 4.69) is 16.5 Å². The van der Waals surface area contributed by atoms with Gasteiger partial charge in [-0.3, -0.25) is 0 Å². The molecular weight excluding hydrogens is 296 g/mol. The van der Waals surface area contributed by atoms with Crippen LogP contribution in [0.5, 0.6) is 0 Å². The van der Waals surface area contributed by atoms with Gasteiger partial charge in [0.25, 0.3) is 10.0 Å². The van der Waals surface area contributed by atoms with Crippen molar-refractivity contribution in [1.82, 2.24) is 4.90 Å². The Morgan fingerprint density at radius 2 is 1.45 bits per heavy atom. The van der Waals surface area contributed by atoms with Gasteiger partial charge in [-0.1, -0.05) is 42.5 Å². The normalized spacial score (nSPS) is 11.7. The fourth-order valence-corrected chi connectivity index (χ4v) is 2.89. The monoisotopic (exact) mass is 316 g/mol. The van der Waals surface area contributed by atoms with Crippen molar-refractivity contribution >= 4 is 16.4 Å². The minimum atomic E-state index is -3.61. The summed E-state index contributed by atoms with van der Waals surface area (Å²) in [6.07, 6.45) is 3.11. The molecule has 0 fully saturated rings. The summed E-state index contributed by atoms with van der Waals surface area (Å²) in [5.41, 5.74) is 2.38. The van der Waals surface area contributed by atoms with Crippen molar-refractivity contribution < 1.29 is 8.42 Å². The van der Waals surface area contributed by atoms with E-state index in [-0.39, 0.29) is 4.90 Å². The lowest BCUT2D eigenvalue weighted by molar-refractivity contribution is 0.594. The molecule has 0 aliphatic rings. The topological polar surface area (TPSA) is 49.7 Å². The number of hydrogen-bond donors (Lipinski definition) is 0. The van der Waals surface area contributed by atoms with E-state index >= 15 is 0 Å². The number of rotatable bonds is 6. The summed E-state index contributed by atoms with van der Waals surface area (Å²) < 4.78 is 27.6. The molecule has 0 aliphatic carbocycles. The Balaban J connectivity index is 2.04. The molecule has 0 saturated heterocycles. The molecule has 0 heterocycles. The Bertz CT molecular complexity index is 721. The average molecular weight is 316 g/mol. The standard InChI is InChI=1S/C17H20N2O2S/c1-19(2)14-18-22(20,21)17-12-10-16(11-13-17)9-8-15-6-4-3-5-7-15/h3-7,10-14H,8-9H2,1-2H3/b18-14+. The molecule has 116 valence electrons. The zero-order valence-corrected chi connectivity index (χ0v) is 13.6. The summed E-state index contributed by atoms with van der Waals surface area (Å²) in [5.74, 6) is 0. The summed E-state index contributed by atoms with van der Waals surface area (Å²) in [6.45, 7) is 0. The van der Waals surface area contributed by atoms with Gasteiger partial charge in [-0.25, -0.2) is 0 Å². The van der Waals surface area contributed by atoms with Crippen LogP contribution in [0, 0.1) is 0 Å². The highest BCUT2D eigenvalue weighted by Gasteiger charge is 2.11. The van der Waals surface area contributed by atoms with E-state index in [1.54, 1.807) is 31.1 Å². The van der Waals surface area contributed by atoms with Crippen LogP contribution in [0.1, 0.15) is 11.1 Å². The highest BCUT2D eigenvalue weighted by Crippen LogP contribution is 2.14. The molecule has 22 heavy (non-hydrogen) atoms. The Morgan fingerprint density at radius 3 is 2.00 bits per heavy atom. The summed E-state index contributed by atoms with van der Waals surface area (Å²) in [7, 11) is -0.156. The molecule has 0 N–H and O–H groups in total. The fourth-order valence-electron chi connectivity index (χ4n) is 1.98. The third-order valence-electron chi connectivity index (χ3n) is 3.18. The minimum Gasteiger partial charge on any atom is -0.368 e. The molecule has 0 saturated carbocycles. The molecule has 5 heteroatoms. The highest BCUT2D eigenvalue weighted by atomic mass is 32.2. The molecule has 2 aromatic rings. The Kier molecular flexibility index (Phi) is 5.33. The van der Waals surface area contributed by atoms with Crippen LogP contribution in [0.15, 0.2) is 63.9 Å². The lowest BCUT2D eigenvalue weighted by atomic mass is 10.0. The van der Waals surface area contributed by atoms with E-state index in [1.807, 2.05) is 30.3 Å². The van der Waals surface area contributed by atoms with Gasteiger partial charge >= 0.3 is 0 Å². The molecule has 0 amide bonds. The van der Waals surface area contributed by atoms with Crippen molar-refractivity contribution in [2.45, 2.75) is 17.7 Å². The van der Waals surface area contributed by atoms with E-state index in [0.29, 0.717) is 0 Å². The van der Waals surface area contributed by atoms with Crippen molar-refractivity contribution in [1.29, 1.82) is 0 Å². The predicted molar refractivity (Wildman–Crippen MR) is 89.7 cm³/mol. The number of sulfonamides is 1. The van der Waals surface area contributed by atoms with Gasteiger partial charge in [0.05, 0.1) is 4.90 Å². The second kappa shape index (κ2) is 7.22. The van der Waals surface area contributed by atoms with Gasteiger partial charge in [0.15, 0.2) is 0 Å². The molecule has 0 unspecified atom stereocenters. The maximum atomic E-state index is 12.0. The van der Waals surface area contributed by atoms with Crippen LogP contribution in [0.25, 0.3) is 0 Å². The van der Waals surface area contributed by atoms with Crippen LogP contribution >= 0.6 is 0 Å². The van der Waals surface area contributed by atoms with Crippen LogP contribution in [-0.2, 0) is 22.9 Å². The minimum absolute atomic E-state index is 0.217. The second-order valence-electron chi connectivity index (χ2n) is 5.29. The zero-order valence-electron chi connectivity index (χ0n) is 12.8. The van der Waals surface area contributed by atoms with Crippen LogP contribution in [0.2, 0.25) is 0 Å². The van der Waals surface area contributed by atoms with E-state index in [0.717, 1.165) is 18.4 Å². The second-order valence-corrected chi connectivity index (χ2v) is 6.92. The van der Waals surface area contributed by atoms with Crippen LogP contribution < -0.4 is 0 Å². The first-order chi connectivity index (χ1) is 10.5. The predicted octanol–water partition coefficient (Wildman–Crippen LogP) is 2.75. The van der Waals surface area contributed by atoms with Crippen molar-refractivity contribution in [3.05, 3.63) is 65.7 Å². The zero-order chi connectivity index (χ0) is 16.0. The summed E-state index contributed by atoms with van der Waals surface area (Å²) in [4.78, 5) is 1.81. The van der Waals surface area contributed by atoms with Crippen LogP contribution in [0.3, 0.4) is 0 Å². The van der Waals surface area contributed by atoms with Gasteiger partial charge in [-0.2, -0.15) is 8.42 Å². The maximum absolute atomic E-state index is 12.0. The molecule has 0 radical (unpaired) electrons. The van der Waals surface area contributed by atoms with Crippen molar-refractivity contribution in [2.24, 2.45) is 4.40 Å². The molecule has 0 spiro atoms. The Morgan fingerprint density at radius 1 is 0.909 bits per heavy atom. The first kappa shape index (κ1) is 16.2. The Labute approximate surface area is 132 Å².